The van der Waals surface area contributed by atoms with E-state index in [9.17, 15) is 45.3 Å². The van der Waals surface area contributed by atoms with Crippen molar-refractivity contribution in [3.05, 3.63) is 36.5 Å². The molecule has 11 atom stereocenters. The predicted molar refractivity (Wildman–Crippen MR) is 284 cm³/mol. The molecule has 2 saturated heterocycles. The highest BCUT2D eigenvalue weighted by Gasteiger charge is 2.47. The highest BCUT2D eigenvalue weighted by atomic mass is 16.7. The summed E-state index contributed by atoms with van der Waals surface area (Å²) in [7, 11) is 0. The number of carbonyl (C=O) groups excluding carboxylic acids is 2. The summed E-state index contributed by atoms with van der Waals surface area (Å²) in [6.45, 7) is 2.59. The van der Waals surface area contributed by atoms with E-state index in [4.69, 9.17) is 28.4 Å². The molecule has 2 aliphatic rings. The molecule has 0 aromatic heterocycles. The number of rotatable bonds is 46. The van der Waals surface area contributed by atoms with Crippen LogP contribution in [0.25, 0.3) is 0 Å². The van der Waals surface area contributed by atoms with E-state index >= 15 is 0 Å². The molecule has 2 rings (SSSR count). The first-order valence-electron chi connectivity index (χ1n) is 29.1. The summed E-state index contributed by atoms with van der Waals surface area (Å²) in [6.07, 6.45) is 33.0. The maximum Gasteiger partial charge on any atom is 0.306 e. The highest BCUT2D eigenvalue weighted by Crippen LogP contribution is 2.27. The van der Waals surface area contributed by atoms with E-state index in [2.05, 4.69) is 50.3 Å². The Morgan fingerprint density at radius 3 is 1.30 bits per heavy atom. The van der Waals surface area contributed by atoms with Crippen molar-refractivity contribution in [3.63, 3.8) is 0 Å². The van der Waals surface area contributed by atoms with Gasteiger partial charge >= 0.3 is 11.9 Å². The molecule has 2 heterocycles. The van der Waals surface area contributed by atoms with Gasteiger partial charge < -0.3 is 64.2 Å². The van der Waals surface area contributed by atoms with Crippen LogP contribution in [0.3, 0.4) is 0 Å². The fourth-order valence-electron chi connectivity index (χ4n) is 9.07. The van der Waals surface area contributed by atoms with Crippen LogP contribution >= 0.6 is 0 Å². The molecule has 0 aliphatic carbocycles. The lowest BCUT2D eigenvalue weighted by molar-refractivity contribution is -0.332. The Hall–Kier alpha value is -2.28. The second-order valence-corrected chi connectivity index (χ2v) is 20.5. The molecular formula is C58H104O15. The maximum atomic E-state index is 13.1. The maximum absolute atomic E-state index is 13.1. The SMILES string of the molecule is CCCCCC/C=C\C/C=C\CCCCCCCCCC(=O)OC(COC(=O)CCCCCCCCCCC/C=C\CCCCCCCC)COC1OC(COC2OC(CO)C(O)C(O)C2O)C(O)C(O)C1O. The van der Waals surface area contributed by atoms with Gasteiger partial charge in [0.05, 0.1) is 19.8 Å². The van der Waals surface area contributed by atoms with Crippen LogP contribution in [-0.2, 0) is 38.0 Å². The molecule has 73 heavy (non-hydrogen) atoms. The molecular weight excluding hydrogens is 937 g/mol. The van der Waals surface area contributed by atoms with Crippen LogP contribution in [-0.4, -0.2) is 142 Å². The lowest BCUT2D eigenvalue weighted by Gasteiger charge is -2.42. The molecule has 0 radical (unpaired) electrons. The number of hydrogen-bond acceptors (Lipinski definition) is 15. The van der Waals surface area contributed by atoms with Crippen molar-refractivity contribution in [2.45, 2.75) is 293 Å². The summed E-state index contributed by atoms with van der Waals surface area (Å²) in [6, 6.07) is 0. The number of esters is 2. The summed E-state index contributed by atoms with van der Waals surface area (Å²) in [5.74, 6) is -0.929. The van der Waals surface area contributed by atoms with Gasteiger partial charge in [0.25, 0.3) is 0 Å². The minimum absolute atomic E-state index is 0.157. The van der Waals surface area contributed by atoms with Crippen molar-refractivity contribution in [1.29, 1.82) is 0 Å². The minimum Gasteiger partial charge on any atom is -0.462 e. The van der Waals surface area contributed by atoms with Crippen LogP contribution in [0.2, 0.25) is 0 Å². The van der Waals surface area contributed by atoms with Gasteiger partial charge in [0, 0.05) is 12.8 Å². The van der Waals surface area contributed by atoms with Crippen molar-refractivity contribution in [2.24, 2.45) is 0 Å². The van der Waals surface area contributed by atoms with Crippen LogP contribution in [0.4, 0.5) is 0 Å². The molecule has 0 saturated carbocycles. The van der Waals surface area contributed by atoms with Crippen LogP contribution in [0.5, 0.6) is 0 Å². The van der Waals surface area contributed by atoms with E-state index in [0.29, 0.717) is 12.8 Å². The Morgan fingerprint density at radius 1 is 0.438 bits per heavy atom. The van der Waals surface area contributed by atoms with Gasteiger partial charge in [-0.05, 0) is 70.6 Å². The molecule has 2 fully saturated rings. The number of aliphatic hydroxyl groups excluding tert-OH is 7. The molecule has 0 bridgehead atoms. The first-order chi connectivity index (χ1) is 35.5. The van der Waals surface area contributed by atoms with Crippen molar-refractivity contribution in [2.75, 3.05) is 26.4 Å². The average molecular weight is 1040 g/mol. The second kappa shape index (κ2) is 44.8. The zero-order valence-corrected chi connectivity index (χ0v) is 45.4. The van der Waals surface area contributed by atoms with Gasteiger partial charge in [-0.3, -0.25) is 9.59 Å². The third kappa shape index (κ3) is 32.2. The van der Waals surface area contributed by atoms with Crippen molar-refractivity contribution >= 4 is 11.9 Å². The standard InChI is InChI=1S/C58H104O15/c1-3-5-7-9-11-13-15-17-19-21-23-25-26-28-30-32-34-36-38-40-49(60)68-43-46(71-50(61)41-39-37-35-33-31-29-27-24-22-20-18-16-14-12-10-8-6-4-2)44-69-57-56(67)54(65)52(63)48(73-57)45-70-58-55(66)53(64)51(62)47(42-59)72-58/h14,16-17,19-20,22,46-48,51-59,62-67H,3-13,15,18,21,23-45H2,1-2H3/b16-14-,19-17-,22-20-. The zero-order valence-electron chi connectivity index (χ0n) is 45.4. The summed E-state index contributed by atoms with van der Waals surface area (Å²) >= 11 is 0. The van der Waals surface area contributed by atoms with Crippen molar-refractivity contribution in [1.82, 2.24) is 0 Å². The van der Waals surface area contributed by atoms with Gasteiger partial charge in [-0.15, -0.1) is 0 Å². The van der Waals surface area contributed by atoms with E-state index in [1.165, 1.54) is 122 Å². The van der Waals surface area contributed by atoms with Gasteiger partial charge in [-0.25, -0.2) is 0 Å². The number of ether oxygens (including phenoxy) is 6. The van der Waals surface area contributed by atoms with Gasteiger partial charge in [-0.2, -0.15) is 0 Å². The van der Waals surface area contributed by atoms with E-state index in [1.54, 1.807) is 0 Å². The molecule has 0 aromatic carbocycles. The number of allylic oxidation sites excluding steroid dienone is 6. The molecule has 0 aromatic rings. The Morgan fingerprint density at radius 2 is 0.822 bits per heavy atom. The summed E-state index contributed by atoms with van der Waals surface area (Å²) < 4.78 is 33.7. The summed E-state index contributed by atoms with van der Waals surface area (Å²) in [5.41, 5.74) is 0. The zero-order chi connectivity index (χ0) is 53.2. The highest BCUT2D eigenvalue weighted by molar-refractivity contribution is 5.70. The van der Waals surface area contributed by atoms with Crippen molar-refractivity contribution < 1.29 is 73.8 Å². The Balaban J connectivity index is 1.76. The van der Waals surface area contributed by atoms with E-state index in [1.807, 2.05) is 0 Å². The number of aliphatic hydroxyl groups is 7. The molecule has 2 aliphatic heterocycles. The minimum atomic E-state index is -1.77. The van der Waals surface area contributed by atoms with Crippen LogP contribution in [0.15, 0.2) is 36.5 Å². The molecule has 11 unspecified atom stereocenters. The topological polar surface area (TPSA) is 231 Å². The Labute approximate surface area is 440 Å². The number of hydrogen-bond donors (Lipinski definition) is 7. The smallest absolute Gasteiger partial charge is 0.306 e. The number of unbranched alkanes of at least 4 members (excludes halogenated alkanes) is 26. The normalized spacial score (nSPS) is 25.1. The lowest BCUT2D eigenvalue weighted by Crippen LogP contribution is -2.61. The Kier molecular flexibility index (Phi) is 41.0. The van der Waals surface area contributed by atoms with E-state index < -0.39 is 92.7 Å². The Bertz CT molecular complexity index is 1410. The first kappa shape index (κ1) is 66.8. The third-order valence-electron chi connectivity index (χ3n) is 13.8. The molecule has 15 nitrogen and oxygen atoms in total. The monoisotopic (exact) mass is 1040 g/mol. The van der Waals surface area contributed by atoms with Gasteiger partial charge in [0.1, 0.15) is 55.4 Å². The van der Waals surface area contributed by atoms with Gasteiger partial charge in [-0.1, -0.05) is 179 Å². The van der Waals surface area contributed by atoms with E-state index in [0.717, 1.165) is 64.2 Å². The first-order valence-corrected chi connectivity index (χ1v) is 29.1. The average Bonchev–Trinajstić information content (AvgIpc) is 3.38. The fraction of sp³-hybridized carbons (Fsp3) is 0.862. The van der Waals surface area contributed by atoms with Crippen LogP contribution < -0.4 is 0 Å². The second-order valence-electron chi connectivity index (χ2n) is 20.5. The summed E-state index contributed by atoms with van der Waals surface area (Å²) in [4.78, 5) is 25.9. The molecule has 15 heteroatoms. The molecule has 7 N–H and O–H groups in total. The van der Waals surface area contributed by atoms with Crippen LogP contribution in [0, 0.1) is 0 Å². The lowest BCUT2D eigenvalue weighted by atomic mass is 9.98. The molecule has 426 valence electrons. The third-order valence-corrected chi connectivity index (χ3v) is 13.8. The van der Waals surface area contributed by atoms with Gasteiger partial charge in [0.15, 0.2) is 18.7 Å². The van der Waals surface area contributed by atoms with E-state index in [-0.39, 0.29) is 26.1 Å². The quantitative estimate of drug-likeness (QED) is 0.0171. The predicted octanol–water partition coefficient (Wildman–Crippen LogP) is 9.66. The molecule has 0 spiro atoms. The number of carbonyl (C=O) groups is 2. The fourth-order valence-corrected chi connectivity index (χ4v) is 9.07. The summed E-state index contributed by atoms with van der Waals surface area (Å²) in [5, 5.41) is 72.3. The largest absolute Gasteiger partial charge is 0.462 e. The van der Waals surface area contributed by atoms with Gasteiger partial charge in [0.2, 0.25) is 0 Å². The van der Waals surface area contributed by atoms with Crippen molar-refractivity contribution in [3.8, 4) is 0 Å². The molecule has 0 amide bonds. The van der Waals surface area contributed by atoms with Crippen LogP contribution in [0.1, 0.15) is 226 Å².